The predicted molar refractivity (Wildman–Crippen MR) is 43.4 cm³/mol. The topological polar surface area (TPSA) is 0 Å². The van der Waals surface area contributed by atoms with Crippen molar-refractivity contribution >= 4 is 0 Å². The van der Waals surface area contributed by atoms with E-state index in [4.69, 9.17) is 0 Å². The van der Waals surface area contributed by atoms with Crippen molar-refractivity contribution in [2.45, 2.75) is 27.2 Å². The highest BCUT2D eigenvalue weighted by atomic mass is 13.9. The van der Waals surface area contributed by atoms with E-state index in [1.54, 1.807) is 0 Å². The Labute approximate surface area is 58.3 Å². The van der Waals surface area contributed by atoms with Crippen LogP contribution < -0.4 is 0 Å². The lowest BCUT2D eigenvalue weighted by molar-refractivity contribution is 0.698. The molecule has 52 valence electrons. The molecule has 0 aromatic carbocycles. The second-order valence-corrected chi connectivity index (χ2v) is 2.30. The van der Waals surface area contributed by atoms with E-state index in [2.05, 4.69) is 32.1 Å². The Morgan fingerprint density at radius 3 is 2.44 bits per heavy atom. The van der Waals surface area contributed by atoms with Crippen molar-refractivity contribution in [2.24, 2.45) is 5.92 Å². The van der Waals surface area contributed by atoms with Crippen LogP contribution in [0.25, 0.3) is 0 Å². The largest absolute Gasteiger partial charge is 0.0877 e. The summed E-state index contributed by atoms with van der Waals surface area (Å²) in [4.78, 5) is 0. The van der Waals surface area contributed by atoms with Gasteiger partial charge in [0.2, 0.25) is 0 Å². The minimum atomic E-state index is 0.723. The first-order valence-corrected chi connectivity index (χ1v) is 3.60. The van der Waals surface area contributed by atoms with E-state index < -0.39 is 0 Å². The Hall–Kier alpha value is -0.520. The fourth-order valence-electron chi connectivity index (χ4n) is 0.501. The molecule has 0 aliphatic carbocycles. The van der Waals surface area contributed by atoms with Gasteiger partial charge in [-0.1, -0.05) is 44.6 Å². The van der Waals surface area contributed by atoms with E-state index >= 15 is 0 Å². The molecule has 0 fully saturated rings. The summed E-state index contributed by atoms with van der Waals surface area (Å²) < 4.78 is 0. The third-order valence-corrected chi connectivity index (χ3v) is 1.39. The maximum atomic E-state index is 2.22. The van der Waals surface area contributed by atoms with Crippen molar-refractivity contribution in [1.82, 2.24) is 0 Å². The first-order valence-electron chi connectivity index (χ1n) is 3.60. The Morgan fingerprint density at radius 2 is 2.00 bits per heavy atom. The molecule has 0 amide bonds. The van der Waals surface area contributed by atoms with Gasteiger partial charge < -0.3 is 0 Å². The quantitative estimate of drug-likeness (QED) is 0.507. The van der Waals surface area contributed by atoms with Crippen LogP contribution in [0.2, 0.25) is 0 Å². The maximum absolute atomic E-state index is 2.22. The Kier molecular flexibility index (Phi) is 5.29. The van der Waals surface area contributed by atoms with Crippen LogP contribution in [-0.2, 0) is 0 Å². The van der Waals surface area contributed by atoms with Gasteiger partial charge in [0, 0.05) is 0 Å². The molecule has 0 rings (SSSR count). The van der Waals surface area contributed by atoms with Crippen molar-refractivity contribution < 1.29 is 0 Å². The summed E-state index contributed by atoms with van der Waals surface area (Å²) in [5, 5.41) is 0. The van der Waals surface area contributed by atoms with Crippen molar-refractivity contribution in [3.63, 3.8) is 0 Å². The van der Waals surface area contributed by atoms with E-state index in [-0.39, 0.29) is 0 Å². The van der Waals surface area contributed by atoms with Gasteiger partial charge in [-0.15, -0.1) is 0 Å². The van der Waals surface area contributed by atoms with Crippen molar-refractivity contribution in [1.29, 1.82) is 0 Å². The van der Waals surface area contributed by atoms with Crippen LogP contribution in [0.5, 0.6) is 0 Å². The van der Waals surface area contributed by atoms with E-state index in [1.807, 2.05) is 13.0 Å². The molecule has 0 aromatic rings. The van der Waals surface area contributed by atoms with Gasteiger partial charge in [0.25, 0.3) is 0 Å². The van der Waals surface area contributed by atoms with E-state index in [0.29, 0.717) is 0 Å². The van der Waals surface area contributed by atoms with Crippen LogP contribution in [-0.4, -0.2) is 0 Å². The molecular weight excluding hydrogens is 108 g/mol. The second-order valence-electron chi connectivity index (χ2n) is 2.30. The normalized spacial score (nSPS) is 15.4. The summed E-state index contributed by atoms with van der Waals surface area (Å²) in [5.41, 5.74) is 0. The molecule has 0 spiro atoms. The van der Waals surface area contributed by atoms with Gasteiger partial charge in [0.15, 0.2) is 0 Å². The third kappa shape index (κ3) is 5.35. The van der Waals surface area contributed by atoms with Crippen molar-refractivity contribution in [3.05, 3.63) is 24.3 Å². The van der Waals surface area contributed by atoms with Crippen LogP contribution in [0, 0.1) is 5.92 Å². The monoisotopic (exact) mass is 124 g/mol. The van der Waals surface area contributed by atoms with Crippen LogP contribution >= 0.6 is 0 Å². The van der Waals surface area contributed by atoms with Gasteiger partial charge >= 0.3 is 0 Å². The van der Waals surface area contributed by atoms with Crippen LogP contribution in [0.4, 0.5) is 0 Å². The molecular formula is C9H16. The summed E-state index contributed by atoms with van der Waals surface area (Å²) in [6, 6.07) is 0. The molecule has 9 heavy (non-hydrogen) atoms. The van der Waals surface area contributed by atoms with E-state index in [0.717, 1.165) is 5.92 Å². The fourth-order valence-corrected chi connectivity index (χ4v) is 0.501. The van der Waals surface area contributed by atoms with Crippen LogP contribution in [0.15, 0.2) is 24.3 Å². The zero-order chi connectivity index (χ0) is 7.11. The molecule has 0 aromatic heterocycles. The minimum Gasteiger partial charge on any atom is -0.0877 e. The smallest absolute Gasteiger partial charge is 0.0261 e. The molecule has 0 saturated carbocycles. The molecule has 0 saturated heterocycles. The Balaban J connectivity index is 3.43. The highest BCUT2D eigenvalue weighted by Crippen LogP contribution is 2.01. The first-order chi connectivity index (χ1) is 4.31. The average Bonchev–Trinajstić information content (AvgIpc) is 1.89. The molecule has 0 aliphatic rings. The van der Waals surface area contributed by atoms with Gasteiger partial charge in [-0.2, -0.15) is 0 Å². The summed E-state index contributed by atoms with van der Waals surface area (Å²) in [6.45, 7) is 6.45. The maximum Gasteiger partial charge on any atom is -0.0261 e. The Bertz CT molecular complexity index is 98.6. The summed E-state index contributed by atoms with van der Waals surface area (Å²) >= 11 is 0. The fraction of sp³-hybridized carbons (Fsp3) is 0.556. The lowest BCUT2D eigenvalue weighted by Crippen LogP contribution is -1.82. The average molecular weight is 124 g/mol. The SMILES string of the molecule is C/C=C\C=C/C(C)CC. The van der Waals surface area contributed by atoms with Crippen LogP contribution in [0.3, 0.4) is 0 Å². The van der Waals surface area contributed by atoms with Crippen molar-refractivity contribution in [2.75, 3.05) is 0 Å². The summed E-state index contributed by atoms with van der Waals surface area (Å²) in [6.07, 6.45) is 9.66. The third-order valence-electron chi connectivity index (χ3n) is 1.39. The number of hydrogen-bond acceptors (Lipinski definition) is 0. The first kappa shape index (κ1) is 8.48. The lowest BCUT2D eigenvalue weighted by Gasteiger charge is -1.96. The minimum absolute atomic E-state index is 0.723. The second kappa shape index (κ2) is 5.61. The highest BCUT2D eigenvalue weighted by molar-refractivity contribution is 5.02. The lowest BCUT2D eigenvalue weighted by atomic mass is 10.1. The highest BCUT2D eigenvalue weighted by Gasteiger charge is 1.86. The molecule has 0 aliphatic heterocycles. The molecule has 0 radical (unpaired) electrons. The number of rotatable bonds is 3. The molecule has 0 heteroatoms. The molecule has 0 heterocycles. The summed E-state index contributed by atoms with van der Waals surface area (Å²) in [7, 11) is 0. The van der Waals surface area contributed by atoms with Gasteiger partial charge in [-0.3, -0.25) is 0 Å². The summed E-state index contributed by atoms with van der Waals surface area (Å²) in [5.74, 6) is 0.723. The van der Waals surface area contributed by atoms with Crippen molar-refractivity contribution in [3.8, 4) is 0 Å². The standard InChI is InChI=1S/C9H16/c1-4-6-7-8-9(3)5-2/h4,6-9H,5H2,1-3H3/b6-4-,8-7-. The Morgan fingerprint density at radius 1 is 1.33 bits per heavy atom. The van der Waals surface area contributed by atoms with Gasteiger partial charge in [-0.25, -0.2) is 0 Å². The number of hydrogen-bond donors (Lipinski definition) is 0. The van der Waals surface area contributed by atoms with Gasteiger partial charge in [-0.05, 0) is 12.8 Å². The van der Waals surface area contributed by atoms with Gasteiger partial charge in [0.1, 0.15) is 0 Å². The van der Waals surface area contributed by atoms with E-state index in [1.165, 1.54) is 6.42 Å². The number of allylic oxidation sites excluding steroid dienone is 4. The molecule has 0 nitrogen and oxygen atoms in total. The molecule has 0 N–H and O–H groups in total. The van der Waals surface area contributed by atoms with Gasteiger partial charge in [0.05, 0.1) is 0 Å². The zero-order valence-electron chi connectivity index (χ0n) is 6.59. The molecule has 1 unspecified atom stereocenters. The molecule has 0 bridgehead atoms. The predicted octanol–water partition coefficient (Wildman–Crippen LogP) is 3.16. The zero-order valence-corrected chi connectivity index (χ0v) is 6.59. The van der Waals surface area contributed by atoms with E-state index in [9.17, 15) is 0 Å². The molecule has 1 atom stereocenters. The van der Waals surface area contributed by atoms with Crippen LogP contribution in [0.1, 0.15) is 27.2 Å².